The molecule has 39 heavy (non-hydrogen) atoms. The molecule has 3 rings (SSSR count). The van der Waals surface area contributed by atoms with Gasteiger partial charge in [0, 0.05) is 22.6 Å². The van der Waals surface area contributed by atoms with Crippen molar-refractivity contribution in [2.24, 2.45) is 5.92 Å². The van der Waals surface area contributed by atoms with Gasteiger partial charge in [-0.1, -0.05) is 84.7 Å². The lowest BCUT2D eigenvalue weighted by molar-refractivity contribution is -0.140. The SMILES string of the molecule is CC[C@@H](C(=O)NCC(C)C)N(Cc1ccccc1Cl)C(=O)CN(c1ccc(Br)cc1)S(=O)(=O)c1ccccc1. The van der Waals surface area contributed by atoms with Crippen LogP contribution < -0.4 is 9.62 Å². The Balaban J connectivity index is 2.04. The first-order valence-corrected chi connectivity index (χ1v) is 15.3. The number of nitrogens with one attached hydrogen (secondary N) is 1. The van der Waals surface area contributed by atoms with Crippen LogP contribution in [-0.4, -0.2) is 44.3 Å². The van der Waals surface area contributed by atoms with E-state index in [1.807, 2.05) is 20.8 Å². The number of hydrogen-bond donors (Lipinski definition) is 1. The van der Waals surface area contributed by atoms with Gasteiger partial charge in [0.25, 0.3) is 10.0 Å². The van der Waals surface area contributed by atoms with E-state index in [-0.39, 0.29) is 23.3 Å². The zero-order chi connectivity index (χ0) is 28.6. The molecule has 0 unspecified atom stereocenters. The van der Waals surface area contributed by atoms with Crippen LogP contribution in [0.25, 0.3) is 0 Å². The molecule has 1 N–H and O–H groups in total. The van der Waals surface area contributed by atoms with Gasteiger partial charge in [-0.3, -0.25) is 13.9 Å². The number of hydrogen-bond acceptors (Lipinski definition) is 4. The number of benzene rings is 3. The smallest absolute Gasteiger partial charge is 0.264 e. The molecule has 7 nitrogen and oxygen atoms in total. The Morgan fingerprint density at radius 1 is 0.949 bits per heavy atom. The van der Waals surface area contributed by atoms with Crippen molar-refractivity contribution in [3.63, 3.8) is 0 Å². The van der Waals surface area contributed by atoms with Gasteiger partial charge in [-0.2, -0.15) is 0 Å². The van der Waals surface area contributed by atoms with E-state index in [1.54, 1.807) is 66.7 Å². The summed E-state index contributed by atoms with van der Waals surface area (Å²) in [4.78, 5) is 28.7. The Bertz CT molecular complexity index is 1370. The van der Waals surface area contributed by atoms with Gasteiger partial charge in [0.2, 0.25) is 11.8 Å². The Kier molecular flexibility index (Phi) is 11.0. The maximum atomic E-state index is 14.0. The van der Waals surface area contributed by atoms with Gasteiger partial charge in [0.1, 0.15) is 12.6 Å². The van der Waals surface area contributed by atoms with Crippen molar-refractivity contribution in [2.75, 3.05) is 17.4 Å². The van der Waals surface area contributed by atoms with Crippen molar-refractivity contribution in [1.29, 1.82) is 0 Å². The molecule has 2 amide bonds. The number of nitrogens with zero attached hydrogens (tertiary/aromatic N) is 2. The molecule has 3 aromatic rings. The summed E-state index contributed by atoms with van der Waals surface area (Å²) in [6, 6.07) is 20.9. The molecule has 0 aliphatic carbocycles. The van der Waals surface area contributed by atoms with Crippen molar-refractivity contribution in [1.82, 2.24) is 10.2 Å². The highest BCUT2D eigenvalue weighted by atomic mass is 79.9. The van der Waals surface area contributed by atoms with Gasteiger partial charge < -0.3 is 10.2 Å². The second kappa shape index (κ2) is 14.0. The van der Waals surface area contributed by atoms with Gasteiger partial charge in [-0.05, 0) is 60.4 Å². The zero-order valence-corrected chi connectivity index (χ0v) is 25.3. The van der Waals surface area contributed by atoms with E-state index in [9.17, 15) is 18.0 Å². The van der Waals surface area contributed by atoms with Crippen LogP contribution in [0, 0.1) is 5.92 Å². The standard InChI is InChI=1S/C29H33BrClN3O4S/c1-4-27(29(36)32-18-21(2)3)33(19-22-10-8-9-13-26(22)31)28(35)20-34(24-16-14-23(30)15-17-24)39(37,38)25-11-6-5-7-12-25/h5-17,21,27H,4,18-20H2,1-3H3,(H,32,36)/t27-/m0/s1. The number of carbonyl (C=O) groups excluding carboxylic acids is 2. The Morgan fingerprint density at radius 2 is 1.56 bits per heavy atom. The second-order valence-electron chi connectivity index (χ2n) is 9.48. The highest BCUT2D eigenvalue weighted by Crippen LogP contribution is 2.27. The van der Waals surface area contributed by atoms with Crippen molar-refractivity contribution < 1.29 is 18.0 Å². The monoisotopic (exact) mass is 633 g/mol. The summed E-state index contributed by atoms with van der Waals surface area (Å²) in [7, 11) is -4.11. The molecule has 0 saturated carbocycles. The number of halogens is 2. The Labute approximate surface area is 244 Å². The highest BCUT2D eigenvalue weighted by molar-refractivity contribution is 9.10. The van der Waals surface area contributed by atoms with Crippen LogP contribution in [0.4, 0.5) is 5.69 Å². The largest absolute Gasteiger partial charge is 0.354 e. The molecule has 0 fully saturated rings. The average Bonchev–Trinajstić information content (AvgIpc) is 2.92. The molecule has 0 aliphatic heterocycles. The molecule has 3 aromatic carbocycles. The molecule has 208 valence electrons. The Morgan fingerprint density at radius 3 is 2.15 bits per heavy atom. The minimum atomic E-state index is -4.11. The quantitative estimate of drug-likeness (QED) is 0.270. The third-order valence-corrected chi connectivity index (χ3v) is 8.78. The lowest BCUT2D eigenvalue weighted by Gasteiger charge is -2.33. The van der Waals surface area contributed by atoms with E-state index < -0.39 is 28.5 Å². The molecule has 0 saturated heterocycles. The highest BCUT2D eigenvalue weighted by Gasteiger charge is 2.33. The average molecular weight is 635 g/mol. The fraction of sp³-hybridized carbons (Fsp3) is 0.310. The summed E-state index contributed by atoms with van der Waals surface area (Å²) in [5.74, 6) is -0.598. The molecule has 0 aromatic heterocycles. The first kappa shape index (κ1) is 30.7. The minimum absolute atomic E-state index is 0.0473. The molecule has 0 heterocycles. The maximum absolute atomic E-state index is 14.0. The minimum Gasteiger partial charge on any atom is -0.354 e. The molecule has 0 bridgehead atoms. The predicted octanol–water partition coefficient (Wildman–Crippen LogP) is 5.88. The van der Waals surface area contributed by atoms with Crippen LogP contribution in [0.5, 0.6) is 0 Å². The number of amides is 2. The van der Waals surface area contributed by atoms with Gasteiger partial charge in [-0.15, -0.1) is 0 Å². The molecule has 0 radical (unpaired) electrons. The predicted molar refractivity (Wildman–Crippen MR) is 159 cm³/mol. The van der Waals surface area contributed by atoms with E-state index in [1.165, 1.54) is 17.0 Å². The van der Waals surface area contributed by atoms with Crippen molar-refractivity contribution in [3.05, 3.63) is 93.9 Å². The van der Waals surface area contributed by atoms with Crippen LogP contribution in [0.2, 0.25) is 5.02 Å². The summed E-state index contributed by atoms with van der Waals surface area (Å²) < 4.78 is 29.4. The van der Waals surface area contributed by atoms with Crippen LogP contribution in [0.3, 0.4) is 0 Å². The first-order chi connectivity index (χ1) is 18.5. The molecule has 0 aliphatic rings. The summed E-state index contributed by atoms with van der Waals surface area (Å²) in [5, 5.41) is 3.37. The summed E-state index contributed by atoms with van der Waals surface area (Å²) in [6.45, 7) is 5.79. The molecular formula is C29H33BrClN3O4S. The van der Waals surface area contributed by atoms with E-state index in [2.05, 4.69) is 21.2 Å². The second-order valence-corrected chi connectivity index (χ2v) is 12.7. The van der Waals surface area contributed by atoms with Gasteiger partial charge in [-0.25, -0.2) is 8.42 Å². The van der Waals surface area contributed by atoms with Gasteiger partial charge in [0.05, 0.1) is 10.6 Å². The van der Waals surface area contributed by atoms with Gasteiger partial charge in [0.15, 0.2) is 0 Å². The van der Waals surface area contributed by atoms with Crippen molar-refractivity contribution in [3.8, 4) is 0 Å². The Hall–Kier alpha value is -2.88. The summed E-state index contributed by atoms with van der Waals surface area (Å²) in [5.41, 5.74) is 0.981. The third-order valence-electron chi connectivity index (χ3n) is 6.09. The van der Waals surface area contributed by atoms with Crippen molar-refractivity contribution in [2.45, 2.75) is 44.7 Å². The van der Waals surface area contributed by atoms with E-state index in [0.717, 1.165) is 8.78 Å². The summed E-state index contributed by atoms with van der Waals surface area (Å²) >= 11 is 9.80. The topological polar surface area (TPSA) is 86.8 Å². The number of sulfonamides is 1. The lowest BCUT2D eigenvalue weighted by Crippen LogP contribution is -2.52. The lowest BCUT2D eigenvalue weighted by atomic mass is 10.1. The number of rotatable bonds is 12. The van der Waals surface area contributed by atoms with Crippen LogP contribution in [-0.2, 0) is 26.2 Å². The van der Waals surface area contributed by atoms with E-state index in [0.29, 0.717) is 29.2 Å². The van der Waals surface area contributed by atoms with E-state index in [4.69, 9.17) is 11.6 Å². The fourth-order valence-corrected chi connectivity index (χ4v) is 5.90. The fourth-order valence-electron chi connectivity index (χ4n) is 4.01. The van der Waals surface area contributed by atoms with Crippen LogP contribution in [0.1, 0.15) is 32.8 Å². The molecule has 10 heteroatoms. The first-order valence-electron chi connectivity index (χ1n) is 12.7. The molecule has 0 spiro atoms. The van der Waals surface area contributed by atoms with Crippen LogP contribution >= 0.6 is 27.5 Å². The third kappa shape index (κ3) is 8.06. The van der Waals surface area contributed by atoms with Crippen molar-refractivity contribution >= 4 is 55.1 Å². The van der Waals surface area contributed by atoms with Crippen LogP contribution in [0.15, 0.2) is 88.2 Å². The normalized spacial score (nSPS) is 12.2. The number of carbonyl (C=O) groups is 2. The van der Waals surface area contributed by atoms with Gasteiger partial charge >= 0.3 is 0 Å². The molecular weight excluding hydrogens is 602 g/mol. The number of anilines is 1. The zero-order valence-electron chi connectivity index (χ0n) is 22.2. The maximum Gasteiger partial charge on any atom is 0.264 e. The summed E-state index contributed by atoms with van der Waals surface area (Å²) in [6.07, 6.45) is 0.337. The molecule has 1 atom stereocenters. The van der Waals surface area contributed by atoms with E-state index >= 15 is 0 Å².